The van der Waals surface area contributed by atoms with Crippen molar-refractivity contribution in [1.29, 1.82) is 0 Å². The first-order chi connectivity index (χ1) is 23.3. The summed E-state index contributed by atoms with van der Waals surface area (Å²) in [5.41, 5.74) is 0.955. The zero-order valence-electron chi connectivity index (χ0n) is 27.9. The van der Waals surface area contributed by atoms with Crippen molar-refractivity contribution in [3.8, 4) is 22.6 Å². The Balaban J connectivity index is 1.41. The van der Waals surface area contributed by atoms with Gasteiger partial charge in [0.25, 0.3) is 5.56 Å². The van der Waals surface area contributed by atoms with Crippen molar-refractivity contribution >= 4 is 23.0 Å². The number of pyridine rings is 1. The maximum Gasteiger partial charge on any atom is 0.407 e. The number of carbonyl (C=O) groups is 2. The predicted molar refractivity (Wildman–Crippen MR) is 182 cm³/mol. The number of aromatic hydroxyl groups is 1. The molecule has 12 nitrogen and oxygen atoms in total. The molecule has 1 aliphatic carbocycles. The molecule has 2 aromatic carbocycles. The summed E-state index contributed by atoms with van der Waals surface area (Å²) in [6, 6.07) is 12.6. The molecule has 0 unspecified atom stereocenters. The van der Waals surface area contributed by atoms with Crippen molar-refractivity contribution in [2.75, 3.05) is 19.6 Å². The second-order valence-electron chi connectivity index (χ2n) is 13.9. The van der Waals surface area contributed by atoms with Gasteiger partial charge in [0.2, 0.25) is 5.91 Å². The average molecular weight is 673 g/mol. The van der Waals surface area contributed by atoms with Crippen LogP contribution in [0.1, 0.15) is 64.5 Å². The minimum atomic E-state index is -1.02. The van der Waals surface area contributed by atoms with E-state index >= 15 is 0 Å². The van der Waals surface area contributed by atoms with Crippen molar-refractivity contribution < 1.29 is 24.2 Å². The van der Waals surface area contributed by atoms with Gasteiger partial charge in [-0.05, 0) is 93.5 Å². The molecule has 4 aromatic rings. The lowest BCUT2D eigenvalue weighted by atomic mass is 9.88. The molecule has 1 saturated carbocycles. The van der Waals surface area contributed by atoms with Crippen LogP contribution in [0.15, 0.2) is 64.3 Å². The second kappa shape index (κ2) is 13.5. The summed E-state index contributed by atoms with van der Waals surface area (Å²) in [7, 11) is 0. The summed E-state index contributed by atoms with van der Waals surface area (Å²) in [6.07, 6.45) is 2.03. The third-order valence-corrected chi connectivity index (χ3v) is 9.52. The van der Waals surface area contributed by atoms with Gasteiger partial charge in [0.1, 0.15) is 11.6 Å². The highest BCUT2D eigenvalue weighted by Crippen LogP contribution is 2.34. The molecule has 0 bridgehead atoms. The number of benzene rings is 2. The zero-order valence-corrected chi connectivity index (χ0v) is 27.9. The number of nitrogens with zero attached hydrogens (tertiary/aromatic N) is 5. The third-order valence-electron chi connectivity index (χ3n) is 9.52. The van der Waals surface area contributed by atoms with E-state index in [9.17, 15) is 33.8 Å². The number of hydrogen-bond donors (Lipinski definition) is 3. The fraction of sp³-hybridized carbons (Fsp3) is 0.417. The van der Waals surface area contributed by atoms with E-state index in [0.29, 0.717) is 64.0 Å². The van der Waals surface area contributed by atoms with Crippen LogP contribution in [-0.2, 0) is 11.3 Å². The highest BCUT2D eigenvalue weighted by atomic mass is 19.1. The lowest BCUT2D eigenvalue weighted by Gasteiger charge is -2.42. The van der Waals surface area contributed by atoms with Crippen LogP contribution in [0.25, 0.3) is 27.8 Å². The minimum absolute atomic E-state index is 0.000912. The maximum absolute atomic E-state index is 14.5. The first-order valence-corrected chi connectivity index (χ1v) is 16.6. The first-order valence-electron chi connectivity index (χ1n) is 16.6. The minimum Gasteiger partial charge on any atom is -0.508 e. The van der Waals surface area contributed by atoms with Gasteiger partial charge in [0.15, 0.2) is 5.65 Å². The number of phenolic OH excluding ortho intramolecular Hbond substituents is 1. The SMILES string of the molecule is CC(C)(C)N(C(=O)O)[C@H]1CC[C@@H](n2c(=O)c3cc(F)cnc3n(-c3cccc(-c4ccc(O)cc4CN4CCNC(=O)CC4)c3)c2=O)CC1. The quantitative estimate of drug-likeness (QED) is 0.268. The number of fused-ring (bicyclic) bond motifs is 1. The van der Waals surface area contributed by atoms with E-state index < -0.39 is 34.7 Å². The van der Waals surface area contributed by atoms with Crippen LogP contribution in [-0.4, -0.2) is 77.3 Å². The Hall–Kier alpha value is -5.04. The molecule has 13 heteroatoms. The fourth-order valence-corrected chi connectivity index (χ4v) is 7.32. The van der Waals surface area contributed by atoms with Gasteiger partial charge in [-0.3, -0.25) is 19.1 Å². The number of nitrogens with one attached hydrogen (secondary N) is 1. The average Bonchev–Trinajstić information content (AvgIpc) is 3.25. The topological polar surface area (TPSA) is 150 Å². The number of carbonyl (C=O) groups excluding carboxylic acids is 1. The van der Waals surface area contributed by atoms with E-state index in [1.807, 2.05) is 26.8 Å². The number of aromatic nitrogens is 3. The van der Waals surface area contributed by atoms with Crippen LogP contribution >= 0.6 is 0 Å². The standard InChI is InChI=1S/C36H41FN6O6/c1-36(2,3)43(35(48)49)26-9-7-25(8-10-26)42-33(46)30-19-24(37)20-39-32(30)41(34(42)47)27-6-4-5-22(17-27)29-12-11-28(44)18-23(29)21-40-15-13-31(45)38-14-16-40/h4-6,11-12,17-20,25-26,44H,7-10,13-16,21H2,1-3H3,(H,38,45)(H,48,49)/t25-,26+. The van der Waals surface area contributed by atoms with Gasteiger partial charge in [-0.2, -0.15) is 0 Å². The molecular formula is C36H41FN6O6. The van der Waals surface area contributed by atoms with Gasteiger partial charge in [-0.1, -0.05) is 18.2 Å². The molecule has 0 spiro atoms. The van der Waals surface area contributed by atoms with Crippen LogP contribution in [0.2, 0.25) is 0 Å². The largest absolute Gasteiger partial charge is 0.508 e. The molecule has 258 valence electrons. The van der Waals surface area contributed by atoms with E-state index in [4.69, 9.17) is 0 Å². The number of carboxylic acid groups (broad SMARTS) is 1. The van der Waals surface area contributed by atoms with Crippen LogP contribution in [0.4, 0.5) is 9.18 Å². The van der Waals surface area contributed by atoms with E-state index in [1.54, 1.807) is 36.4 Å². The van der Waals surface area contributed by atoms with E-state index in [-0.39, 0.29) is 28.7 Å². The lowest BCUT2D eigenvalue weighted by molar-refractivity contribution is -0.120. The summed E-state index contributed by atoms with van der Waals surface area (Å²) in [5.74, 6) is -0.609. The molecule has 1 aliphatic heterocycles. The Morgan fingerprint density at radius 2 is 1.80 bits per heavy atom. The Morgan fingerprint density at radius 3 is 2.51 bits per heavy atom. The highest BCUT2D eigenvalue weighted by Gasteiger charge is 2.37. The van der Waals surface area contributed by atoms with Crippen LogP contribution in [0, 0.1) is 5.82 Å². The summed E-state index contributed by atoms with van der Waals surface area (Å²) in [5, 5.41) is 23.1. The lowest BCUT2D eigenvalue weighted by Crippen LogP contribution is -2.53. The van der Waals surface area contributed by atoms with Crippen molar-refractivity contribution in [1.82, 2.24) is 29.2 Å². The molecule has 3 N–H and O–H groups in total. The van der Waals surface area contributed by atoms with Crippen LogP contribution in [0.3, 0.4) is 0 Å². The van der Waals surface area contributed by atoms with Crippen molar-refractivity contribution in [3.63, 3.8) is 0 Å². The number of halogens is 1. The van der Waals surface area contributed by atoms with E-state index in [0.717, 1.165) is 29.0 Å². The molecule has 49 heavy (non-hydrogen) atoms. The van der Waals surface area contributed by atoms with Gasteiger partial charge < -0.3 is 20.4 Å². The predicted octanol–water partition coefficient (Wildman–Crippen LogP) is 4.64. The Morgan fingerprint density at radius 1 is 1.04 bits per heavy atom. The molecule has 0 atom stereocenters. The number of amides is 2. The summed E-state index contributed by atoms with van der Waals surface area (Å²) < 4.78 is 17.1. The Bertz CT molecular complexity index is 2030. The first kappa shape index (κ1) is 33.8. The number of rotatable bonds is 6. The van der Waals surface area contributed by atoms with Gasteiger partial charge in [-0.15, -0.1) is 0 Å². The number of phenols is 1. The molecule has 1 saturated heterocycles. The molecule has 3 heterocycles. The van der Waals surface area contributed by atoms with Gasteiger partial charge in [0.05, 0.1) is 17.3 Å². The van der Waals surface area contributed by atoms with Gasteiger partial charge in [0, 0.05) is 50.2 Å². The zero-order chi connectivity index (χ0) is 35.0. The second-order valence-corrected chi connectivity index (χ2v) is 13.9. The third kappa shape index (κ3) is 6.93. The van der Waals surface area contributed by atoms with Crippen molar-refractivity contribution in [3.05, 3.63) is 86.9 Å². The highest BCUT2D eigenvalue weighted by molar-refractivity contribution is 5.77. The Labute approximate surface area is 282 Å². The van der Waals surface area contributed by atoms with E-state index in [1.165, 1.54) is 14.0 Å². The summed E-state index contributed by atoms with van der Waals surface area (Å²) in [4.78, 5) is 60.0. The van der Waals surface area contributed by atoms with Crippen molar-refractivity contribution in [2.45, 2.75) is 77.0 Å². The summed E-state index contributed by atoms with van der Waals surface area (Å²) >= 11 is 0. The molecule has 0 radical (unpaired) electrons. The molecule has 2 aliphatic rings. The smallest absolute Gasteiger partial charge is 0.407 e. The van der Waals surface area contributed by atoms with Crippen LogP contribution in [0.5, 0.6) is 5.75 Å². The van der Waals surface area contributed by atoms with E-state index in [2.05, 4.69) is 15.2 Å². The number of hydrogen-bond acceptors (Lipinski definition) is 7. The Kier molecular flexibility index (Phi) is 9.30. The molecule has 2 fully saturated rings. The van der Waals surface area contributed by atoms with Crippen molar-refractivity contribution in [2.24, 2.45) is 0 Å². The summed E-state index contributed by atoms with van der Waals surface area (Å²) in [6.45, 7) is 7.74. The maximum atomic E-state index is 14.5. The normalized spacial score (nSPS) is 19.0. The molecule has 2 amide bonds. The monoisotopic (exact) mass is 672 g/mol. The van der Waals surface area contributed by atoms with Gasteiger partial charge >= 0.3 is 11.8 Å². The molecule has 2 aromatic heterocycles. The molecular weight excluding hydrogens is 631 g/mol. The van der Waals surface area contributed by atoms with Gasteiger partial charge in [-0.25, -0.2) is 23.5 Å². The molecule has 6 rings (SSSR count). The fourth-order valence-electron chi connectivity index (χ4n) is 7.32. The van der Waals surface area contributed by atoms with Crippen LogP contribution < -0.4 is 16.6 Å².